The molecule has 1 N–H and O–H groups in total. The average molecular weight is 393 g/mol. The molecule has 0 saturated heterocycles. The Morgan fingerprint density at radius 3 is 2.54 bits per heavy atom. The second-order valence-electron chi connectivity index (χ2n) is 6.09. The van der Waals surface area contributed by atoms with E-state index in [9.17, 15) is 9.59 Å². The molecule has 138 valence electrons. The summed E-state index contributed by atoms with van der Waals surface area (Å²) in [6.07, 6.45) is 3.22. The molecule has 1 aliphatic rings. The number of carboxylic acid groups (broad SMARTS) is 1. The van der Waals surface area contributed by atoms with Gasteiger partial charge in [-0.3, -0.25) is 0 Å². The molecule has 0 fully saturated rings. The van der Waals surface area contributed by atoms with E-state index in [1.165, 1.54) is 12.1 Å². The summed E-state index contributed by atoms with van der Waals surface area (Å²) in [4.78, 5) is 23.3. The van der Waals surface area contributed by atoms with Crippen LogP contribution in [0.15, 0.2) is 76.7 Å². The second-order valence-corrected chi connectivity index (χ2v) is 6.53. The Labute approximate surface area is 165 Å². The van der Waals surface area contributed by atoms with E-state index >= 15 is 0 Å². The lowest BCUT2D eigenvalue weighted by Gasteiger charge is -2.01. The summed E-state index contributed by atoms with van der Waals surface area (Å²) in [7, 11) is 0. The summed E-state index contributed by atoms with van der Waals surface area (Å²) in [6.45, 7) is 0. The number of benzene rings is 2. The van der Waals surface area contributed by atoms with Gasteiger partial charge >= 0.3 is 11.9 Å². The molecule has 4 rings (SSSR count). The van der Waals surface area contributed by atoms with Crippen LogP contribution in [0, 0.1) is 0 Å². The monoisotopic (exact) mass is 392 g/mol. The number of carbonyl (C=O) groups excluding carboxylic acids is 1. The molecule has 0 spiro atoms. The van der Waals surface area contributed by atoms with Gasteiger partial charge in [-0.25, -0.2) is 9.59 Å². The number of ether oxygens (including phenoxy) is 1. The van der Waals surface area contributed by atoms with Crippen LogP contribution in [0.1, 0.15) is 21.7 Å². The zero-order valence-electron chi connectivity index (χ0n) is 14.4. The highest BCUT2D eigenvalue weighted by Crippen LogP contribution is 2.30. The minimum absolute atomic E-state index is 0.170. The molecular formula is C22H13ClO5. The number of carboxylic acids is 1. The minimum Gasteiger partial charge on any atom is -0.478 e. The van der Waals surface area contributed by atoms with Gasteiger partial charge in [-0.1, -0.05) is 23.7 Å². The molecule has 0 unspecified atom stereocenters. The Kier molecular flexibility index (Phi) is 4.59. The first-order valence-electron chi connectivity index (χ1n) is 8.35. The molecule has 0 radical (unpaired) electrons. The Morgan fingerprint density at radius 2 is 1.79 bits per heavy atom. The van der Waals surface area contributed by atoms with Gasteiger partial charge < -0.3 is 14.3 Å². The zero-order valence-corrected chi connectivity index (χ0v) is 15.1. The molecule has 28 heavy (non-hydrogen) atoms. The van der Waals surface area contributed by atoms with Crippen molar-refractivity contribution in [3.63, 3.8) is 0 Å². The summed E-state index contributed by atoms with van der Waals surface area (Å²) >= 11 is 5.88. The van der Waals surface area contributed by atoms with Crippen molar-refractivity contribution in [2.75, 3.05) is 0 Å². The maximum Gasteiger partial charge on any atom is 0.343 e. The molecule has 1 aliphatic heterocycles. The molecule has 3 aromatic rings. The fourth-order valence-electron chi connectivity index (χ4n) is 2.79. The Hall–Kier alpha value is -3.57. The summed E-state index contributed by atoms with van der Waals surface area (Å²) in [5.74, 6) is -0.0894. The highest BCUT2D eigenvalue weighted by molar-refractivity contribution is 6.30. The van der Waals surface area contributed by atoms with Crippen LogP contribution < -0.4 is 0 Å². The molecule has 0 bridgehead atoms. The van der Waals surface area contributed by atoms with Crippen LogP contribution in [0.3, 0.4) is 0 Å². The van der Waals surface area contributed by atoms with Gasteiger partial charge in [-0.2, -0.15) is 0 Å². The van der Waals surface area contributed by atoms with E-state index in [1.54, 1.807) is 60.7 Å². The van der Waals surface area contributed by atoms with E-state index in [1.807, 2.05) is 0 Å². The van der Waals surface area contributed by atoms with Gasteiger partial charge in [0.05, 0.1) is 11.1 Å². The van der Waals surface area contributed by atoms with Gasteiger partial charge in [0.15, 0.2) is 0 Å². The maximum absolute atomic E-state index is 12.2. The largest absolute Gasteiger partial charge is 0.478 e. The molecule has 0 atom stereocenters. The number of rotatable bonds is 4. The second kappa shape index (κ2) is 7.21. The molecule has 0 saturated carbocycles. The maximum atomic E-state index is 12.2. The van der Waals surface area contributed by atoms with Crippen LogP contribution in [-0.2, 0) is 9.53 Å². The first-order valence-corrected chi connectivity index (χ1v) is 8.72. The Bertz CT molecular complexity index is 1140. The summed E-state index contributed by atoms with van der Waals surface area (Å²) in [6, 6.07) is 16.8. The smallest absolute Gasteiger partial charge is 0.343 e. The third-order valence-corrected chi connectivity index (χ3v) is 4.42. The number of esters is 1. The van der Waals surface area contributed by atoms with Crippen molar-refractivity contribution in [2.45, 2.75) is 0 Å². The van der Waals surface area contributed by atoms with E-state index in [0.717, 1.165) is 5.56 Å². The van der Waals surface area contributed by atoms with E-state index in [2.05, 4.69) is 0 Å². The normalized spacial score (nSPS) is 14.8. The predicted octanol–water partition coefficient (Wildman–Crippen LogP) is 5.28. The fourth-order valence-corrected chi connectivity index (χ4v) is 2.92. The van der Waals surface area contributed by atoms with Gasteiger partial charge in [0.25, 0.3) is 0 Å². The molecule has 6 heteroatoms. The third-order valence-electron chi connectivity index (χ3n) is 4.17. The minimum atomic E-state index is -1.01. The SMILES string of the molecule is O=C1OC(c2ccc(Cl)cc2)=CC1=Cc1ccc(-c2cccc(C(=O)O)c2)o1. The molecule has 2 aromatic carbocycles. The average Bonchev–Trinajstić information content (AvgIpc) is 3.30. The lowest BCUT2D eigenvalue weighted by atomic mass is 10.1. The Balaban J connectivity index is 1.61. The molecule has 1 aromatic heterocycles. The van der Waals surface area contributed by atoms with Crippen LogP contribution in [-0.4, -0.2) is 17.0 Å². The molecule has 2 heterocycles. The number of aromatic carboxylic acids is 1. The van der Waals surface area contributed by atoms with Crippen molar-refractivity contribution < 1.29 is 23.8 Å². The predicted molar refractivity (Wildman–Crippen MR) is 105 cm³/mol. The van der Waals surface area contributed by atoms with Crippen LogP contribution in [0.5, 0.6) is 0 Å². The number of cyclic esters (lactones) is 1. The van der Waals surface area contributed by atoms with Crippen molar-refractivity contribution >= 4 is 35.4 Å². The van der Waals surface area contributed by atoms with Gasteiger partial charge in [0, 0.05) is 16.1 Å². The van der Waals surface area contributed by atoms with Gasteiger partial charge in [0.1, 0.15) is 17.3 Å². The third kappa shape index (κ3) is 3.61. The highest BCUT2D eigenvalue weighted by Gasteiger charge is 2.22. The number of hydrogen-bond acceptors (Lipinski definition) is 4. The summed E-state index contributed by atoms with van der Waals surface area (Å²) in [5, 5.41) is 9.71. The van der Waals surface area contributed by atoms with Crippen LogP contribution in [0.2, 0.25) is 5.02 Å². The van der Waals surface area contributed by atoms with Crippen molar-refractivity contribution in [3.05, 3.63) is 94.2 Å². The first kappa shape index (κ1) is 17.8. The van der Waals surface area contributed by atoms with Crippen molar-refractivity contribution in [1.82, 2.24) is 0 Å². The topological polar surface area (TPSA) is 76.7 Å². The van der Waals surface area contributed by atoms with Gasteiger partial charge in [-0.05, 0) is 60.7 Å². The van der Waals surface area contributed by atoms with E-state index in [4.69, 9.17) is 25.9 Å². The lowest BCUT2D eigenvalue weighted by molar-refractivity contribution is -0.130. The molecule has 0 aliphatic carbocycles. The molecular weight excluding hydrogens is 380 g/mol. The fraction of sp³-hybridized carbons (Fsp3) is 0. The lowest BCUT2D eigenvalue weighted by Crippen LogP contribution is -1.96. The standard InChI is InChI=1S/C22H13ClO5/c23-17-6-4-13(5-7-17)20-12-16(22(26)28-20)11-18-8-9-19(27-18)14-2-1-3-15(10-14)21(24)25/h1-12H,(H,24,25). The molecule has 0 amide bonds. The number of carbonyl (C=O) groups is 2. The van der Waals surface area contributed by atoms with E-state index in [0.29, 0.717) is 33.4 Å². The van der Waals surface area contributed by atoms with E-state index < -0.39 is 11.9 Å². The van der Waals surface area contributed by atoms with E-state index in [-0.39, 0.29) is 5.56 Å². The van der Waals surface area contributed by atoms with Crippen molar-refractivity contribution in [1.29, 1.82) is 0 Å². The highest BCUT2D eigenvalue weighted by atomic mass is 35.5. The van der Waals surface area contributed by atoms with Crippen molar-refractivity contribution in [3.8, 4) is 11.3 Å². The van der Waals surface area contributed by atoms with Crippen LogP contribution in [0.4, 0.5) is 0 Å². The summed E-state index contributed by atoms with van der Waals surface area (Å²) in [5.41, 5.74) is 1.90. The van der Waals surface area contributed by atoms with Crippen molar-refractivity contribution in [2.24, 2.45) is 0 Å². The zero-order chi connectivity index (χ0) is 19.7. The molecule has 5 nitrogen and oxygen atoms in total. The quantitative estimate of drug-likeness (QED) is 0.483. The number of hydrogen-bond donors (Lipinski definition) is 1. The van der Waals surface area contributed by atoms with Crippen LogP contribution in [0.25, 0.3) is 23.2 Å². The van der Waals surface area contributed by atoms with Crippen LogP contribution >= 0.6 is 11.6 Å². The Morgan fingerprint density at radius 1 is 1.00 bits per heavy atom. The number of halogens is 1. The first-order chi connectivity index (χ1) is 13.5. The van der Waals surface area contributed by atoms with Gasteiger partial charge in [-0.15, -0.1) is 0 Å². The number of furan rings is 1. The van der Waals surface area contributed by atoms with Gasteiger partial charge in [0.2, 0.25) is 0 Å². The summed E-state index contributed by atoms with van der Waals surface area (Å²) < 4.78 is 11.1.